The number of rotatable bonds is 4. The topological polar surface area (TPSA) is 21.3 Å². The van der Waals surface area contributed by atoms with Crippen LogP contribution in [0.1, 0.15) is 15.3 Å². The highest BCUT2D eigenvalue weighted by molar-refractivity contribution is 9.10. The SMILES string of the molecule is COc1cc(NCc2cc(C)sc2C)ccc1Br. The predicted molar refractivity (Wildman–Crippen MR) is 81.8 cm³/mol. The van der Waals surface area contributed by atoms with Crippen LogP contribution in [-0.2, 0) is 6.54 Å². The van der Waals surface area contributed by atoms with Gasteiger partial charge in [-0.2, -0.15) is 0 Å². The first-order valence-electron chi connectivity index (χ1n) is 5.73. The fourth-order valence-electron chi connectivity index (χ4n) is 1.83. The molecule has 0 spiro atoms. The number of hydrogen-bond acceptors (Lipinski definition) is 3. The Morgan fingerprint density at radius 1 is 1.28 bits per heavy atom. The van der Waals surface area contributed by atoms with E-state index >= 15 is 0 Å². The summed E-state index contributed by atoms with van der Waals surface area (Å²) >= 11 is 5.29. The first-order chi connectivity index (χ1) is 8.60. The maximum atomic E-state index is 5.28. The van der Waals surface area contributed by atoms with Gasteiger partial charge in [-0.15, -0.1) is 11.3 Å². The first-order valence-corrected chi connectivity index (χ1v) is 7.34. The van der Waals surface area contributed by atoms with E-state index in [1.807, 2.05) is 29.5 Å². The fourth-order valence-corrected chi connectivity index (χ4v) is 3.18. The third-order valence-electron chi connectivity index (χ3n) is 2.78. The molecule has 0 amide bonds. The molecule has 18 heavy (non-hydrogen) atoms. The average Bonchev–Trinajstić information content (AvgIpc) is 2.67. The van der Waals surface area contributed by atoms with Crippen LogP contribution < -0.4 is 10.1 Å². The number of ether oxygens (including phenoxy) is 1. The maximum absolute atomic E-state index is 5.28. The summed E-state index contributed by atoms with van der Waals surface area (Å²) in [5, 5.41) is 3.42. The van der Waals surface area contributed by atoms with Gasteiger partial charge in [-0.05, 0) is 53.5 Å². The normalized spacial score (nSPS) is 10.4. The van der Waals surface area contributed by atoms with Gasteiger partial charge in [0.1, 0.15) is 5.75 Å². The van der Waals surface area contributed by atoms with Crippen molar-refractivity contribution in [2.45, 2.75) is 20.4 Å². The Morgan fingerprint density at radius 3 is 2.67 bits per heavy atom. The second-order valence-electron chi connectivity index (χ2n) is 4.14. The monoisotopic (exact) mass is 325 g/mol. The molecule has 1 N–H and O–H groups in total. The molecule has 96 valence electrons. The van der Waals surface area contributed by atoms with Gasteiger partial charge in [-0.1, -0.05) is 0 Å². The quantitative estimate of drug-likeness (QED) is 0.875. The highest BCUT2D eigenvalue weighted by Gasteiger charge is 2.04. The number of methoxy groups -OCH3 is 1. The molecule has 0 radical (unpaired) electrons. The second kappa shape index (κ2) is 5.76. The van der Waals surface area contributed by atoms with E-state index in [-0.39, 0.29) is 0 Å². The third kappa shape index (κ3) is 3.06. The molecule has 0 saturated heterocycles. The molecule has 4 heteroatoms. The van der Waals surface area contributed by atoms with Gasteiger partial charge in [-0.25, -0.2) is 0 Å². The van der Waals surface area contributed by atoms with Gasteiger partial charge >= 0.3 is 0 Å². The zero-order chi connectivity index (χ0) is 13.1. The van der Waals surface area contributed by atoms with Crippen LogP contribution in [-0.4, -0.2) is 7.11 Å². The molecule has 1 heterocycles. The van der Waals surface area contributed by atoms with Crippen molar-refractivity contribution in [1.29, 1.82) is 0 Å². The minimum Gasteiger partial charge on any atom is -0.495 e. The lowest BCUT2D eigenvalue weighted by molar-refractivity contribution is 0.412. The van der Waals surface area contributed by atoms with Crippen molar-refractivity contribution in [3.63, 3.8) is 0 Å². The van der Waals surface area contributed by atoms with Crippen LogP contribution in [0, 0.1) is 13.8 Å². The summed E-state index contributed by atoms with van der Waals surface area (Å²) in [4.78, 5) is 2.74. The first kappa shape index (κ1) is 13.4. The Bertz CT molecular complexity index is 551. The van der Waals surface area contributed by atoms with Crippen molar-refractivity contribution in [3.05, 3.63) is 44.1 Å². The van der Waals surface area contributed by atoms with E-state index < -0.39 is 0 Å². The van der Waals surface area contributed by atoms with Crippen LogP contribution in [0.3, 0.4) is 0 Å². The summed E-state index contributed by atoms with van der Waals surface area (Å²) in [6.45, 7) is 5.15. The number of aryl methyl sites for hydroxylation is 2. The van der Waals surface area contributed by atoms with Gasteiger partial charge in [-0.3, -0.25) is 0 Å². The van der Waals surface area contributed by atoms with E-state index in [2.05, 4.69) is 41.2 Å². The van der Waals surface area contributed by atoms with Crippen molar-refractivity contribution in [1.82, 2.24) is 0 Å². The molecule has 0 aliphatic carbocycles. The number of benzene rings is 1. The van der Waals surface area contributed by atoms with E-state index in [0.717, 1.165) is 22.5 Å². The van der Waals surface area contributed by atoms with Crippen molar-refractivity contribution >= 4 is 33.0 Å². The lowest BCUT2D eigenvalue weighted by Crippen LogP contribution is -1.99. The van der Waals surface area contributed by atoms with Crippen LogP contribution in [0.15, 0.2) is 28.7 Å². The Balaban J connectivity index is 2.08. The molecule has 2 rings (SSSR count). The minimum absolute atomic E-state index is 0.846. The molecule has 0 saturated carbocycles. The summed E-state index contributed by atoms with van der Waals surface area (Å²) in [6, 6.07) is 8.27. The zero-order valence-electron chi connectivity index (χ0n) is 10.7. The maximum Gasteiger partial charge on any atom is 0.135 e. The minimum atomic E-state index is 0.846. The lowest BCUT2D eigenvalue weighted by Gasteiger charge is -2.09. The summed E-state index contributed by atoms with van der Waals surface area (Å²) in [5.41, 5.74) is 2.43. The molecule has 0 aliphatic heterocycles. The molecule has 0 fully saturated rings. The summed E-state index contributed by atoms with van der Waals surface area (Å²) in [5.74, 6) is 0.846. The Labute approximate surface area is 120 Å². The van der Waals surface area contributed by atoms with Gasteiger partial charge < -0.3 is 10.1 Å². The van der Waals surface area contributed by atoms with Crippen LogP contribution >= 0.6 is 27.3 Å². The van der Waals surface area contributed by atoms with Gasteiger partial charge in [0.2, 0.25) is 0 Å². The molecular formula is C14H16BrNOS. The van der Waals surface area contributed by atoms with Crippen LogP contribution in [0.5, 0.6) is 5.75 Å². The molecule has 0 bridgehead atoms. The number of anilines is 1. The van der Waals surface area contributed by atoms with Crippen molar-refractivity contribution in [2.75, 3.05) is 12.4 Å². The summed E-state index contributed by atoms with van der Waals surface area (Å²) < 4.78 is 6.25. The highest BCUT2D eigenvalue weighted by Crippen LogP contribution is 2.28. The number of nitrogens with one attached hydrogen (secondary N) is 1. The summed E-state index contributed by atoms with van der Waals surface area (Å²) in [6.07, 6.45) is 0. The zero-order valence-corrected chi connectivity index (χ0v) is 13.1. The molecule has 0 aliphatic rings. The highest BCUT2D eigenvalue weighted by atomic mass is 79.9. The van der Waals surface area contributed by atoms with E-state index in [1.165, 1.54) is 15.3 Å². The standard InChI is InChI=1S/C14H16BrNOS/c1-9-6-11(10(2)18-9)8-16-12-4-5-13(15)14(7-12)17-3/h4-7,16H,8H2,1-3H3. The second-order valence-corrected chi connectivity index (χ2v) is 6.46. The molecule has 2 nitrogen and oxygen atoms in total. The number of halogens is 1. The van der Waals surface area contributed by atoms with Crippen molar-refractivity contribution in [3.8, 4) is 5.75 Å². The predicted octanol–water partition coefficient (Wildman–Crippen LogP) is 4.75. The molecule has 0 unspecified atom stereocenters. The van der Waals surface area contributed by atoms with Gasteiger partial charge in [0, 0.05) is 28.1 Å². The fraction of sp³-hybridized carbons (Fsp3) is 0.286. The molecule has 1 aromatic carbocycles. The smallest absolute Gasteiger partial charge is 0.135 e. The number of hydrogen-bond donors (Lipinski definition) is 1. The van der Waals surface area contributed by atoms with Crippen LogP contribution in [0.25, 0.3) is 0 Å². The summed E-state index contributed by atoms with van der Waals surface area (Å²) in [7, 11) is 1.68. The van der Waals surface area contributed by atoms with Crippen molar-refractivity contribution in [2.24, 2.45) is 0 Å². The van der Waals surface area contributed by atoms with E-state index in [0.29, 0.717) is 0 Å². The molecule has 0 atom stereocenters. The Kier molecular flexibility index (Phi) is 4.30. The largest absolute Gasteiger partial charge is 0.495 e. The van der Waals surface area contributed by atoms with Crippen LogP contribution in [0.4, 0.5) is 5.69 Å². The van der Waals surface area contributed by atoms with Crippen molar-refractivity contribution < 1.29 is 4.74 Å². The average molecular weight is 326 g/mol. The van der Waals surface area contributed by atoms with Crippen LogP contribution in [0.2, 0.25) is 0 Å². The van der Waals surface area contributed by atoms with Gasteiger partial charge in [0.25, 0.3) is 0 Å². The Hall–Kier alpha value is -1.00. The van der Waals surface area contributed by atoms with Gasteiger partial charge in [0.05, 0.1) is 11.6 Å². The Morgan fingerprint density at radius 2 is 2.06 bits per heavy atom. The molecule has 1 aromatic heterocycles. The van der Waals surface area contributed by atoms with E-state index in [1.54, 1.807) is 7.11 Å². The molecular weight excluding hydrogens is 310 g/mol. The van der Waals surface area contributed by atoms with E-state index in [4.69, 9.17) is 4.74 Å². The van der Waals surface area contributed by atoms with E-state index in [9.17, 15) is 0 Å². The van der Waals surface area contributed by atoms with Gasteiger partial charge in [0.15, 0.2) is 0 Å². The number of thiophene rings is 1. The molecule has 2 aromatic rings. The lowest BCUT2D eigenvalue weighted by atomic mass is 10.2. The third-order valence-corrected chi connectivity index (χ3v) is 4.44.